The zero-order chi connectivity index (χ0) is 22.6. The Hall–Kier alpha value is -3.85. The molecule has 33 heavy (non-hydrogen) atoms. The van der Waals surface area contributed by atoms with Crippen molar-refractivity contribution >= 4 is 11.8 Å². The standard InChI is InChI=1S/C24H19FN6OS/c1-2-16-3-5-17(6-4-16)22-27-21(32-30-22)15-33-24-29-28-23(18-11-13-26-14-12-18)31(24)20-9-7-19(25)8-10-20/h3-14H,2,15H2,1H3. The Morgan fingerprint density at radius 3 is 2.39 bits per heavy atom. The van der Waals surface area contributed by atoms with Gasteiger partial charge < -0.3 is 4.52 Å². The minimum absolute atomic E-state index is 0.308. The first kappa shape index (κ1) is 21.0. The van der Waals surface area contributed by atoms with Crippen LogP contribution in [0.25, 0.3) is 28.5 Å². The van der Waals surface area contributed by atoms with Gasteiger partial charge in [-0.3, -0.25) is 9.55 Å². The molecule has 0 fully saturated rings. The summed E-state index contributed by atoms with van der Waals surface area (Å²) in [5.41, 5.74) is 3.76. The van der Waals surface area contributed by atoms with Crippen LogP contribution in [-0.2, 0) is 12.2 Å². The average molecular weight is 459 g/mol. The van der Waals surface area contributed by atoms with E-state index in [1.54, 1.807) is 24.5 Å². The fraction of sp³-hybridized carbons (Fsp3) is 0.125. The van der Waals surface area contributed by atoms with Crippen molar-refractivity contribution in [3.63, 3.8) is 0 Å². The van der Waals surface area contributed by atoms with Crippen LogP contribution in [0.15, 0.2) is 82.7 Å². The number of hydrogen-bond donors (Lipinski definition) is 0. The van der Waals surface area contributed by atoms with Crippen molar-refractivity contribution in [1.29, 1.82) is 0 Å². The monoisotopic (exact) mass is 458 g/mol. The molecule has 2 aromatic carbocycles. The first-order chi connectivity index (χ1) is 16.2. The molecule has 164 valence electrons. The van der Waals surface area contributed by atoms with Crippen LogP contribution in [0.2, 0.25) is 0 Å². The summed E-state index contributed by atoms with van der Waals surface area (Å²) in [7, 11) is 0. The van der Waals surface area contributed by atoms with E-state index in [0.29, 0.717) is 28.4 Å². The van der Waals surface area contributed by atoms with Gasteiger partial charge in [0.25, 0.3) is 0 Å². The number of aryl methyl sites for hydroxylation is 1. The summed E-state index contributed by atoms with van der Waals surface area (Å²) in [5.74, 6) is 1.76. The maximum atomic E-state index is 13.5. The SMILES string of the molecule is CCc1ccc(-c2noc(CSc3nnc(-c4ccncc4)n3-c3ccc(F)cc3)n2)cc1. The van der Waals surface area contributed by atoms with Crippen molar-refractivity contribution in [3.05, 3.63) is 90.3 Å². The Morgan fingerprint density at radius 2 is 1.67 bits per heavy atom. The molecule has 9 heteroatoms. The lowest BCUT2D eigenvalue weighted by Crippen LogP contribution is -2.00. The highest BCUT2D eigenvalue weighted by Gasteiger charge is 2.18. The molecule has 3 aromatic heterocycles. The lowest BCUT2D eigenvalue weighted by atomic mass is 10.1. The Bertz CT molecular complexity index is 1350. The van der Waals surface area contributed by atoms with E-state index in [2.05, 4.69) is 44.4 Å². The number of nitrogens with zero attached hydrogens (tertiary/aromatic N) is 6. The molecular formula is C24H19FN6OS. The minimum Gasteiger partial charge on any atom is -0.338 e. The minimum atomic E-state index is -0.308. The number of aromatic nitrogens is 6. The highest BCUT2D eigenvalue weighted by molar-refractivity contribution is 7.98. The normalized spacial score (nSPS) is 11.1. The molecule has 0 radical (unpaired) electrons. The molecule has 0 aliphatic heterocycles. The van der Waals surface area contributed by atoms with E-state index in [0.717, 1.165) is 23.2 Å². The third kappa shape index (κ3) is 4.54. The van der Waals surface area contributed by atoms with Crippen LogP contribution < -0.4 is 0 Å². The van der Waals surface area contributed by atoms with Crippen LogP contribution in [0.4, 0.5) is 4.39 Å². The van der Waals surface area contributed by atoms with Gasteiger partial charge in [0.05, 0.1) is 5.75 Å². The number of halogens is 1. The highest BCUT2D eigenvalue weighted by Crippen LogP contribution is 2.30. The Kier molecular flexibility index (Phi) is 5.95. The second kappa shape index (κ2) is 9.33. The lowest BCUT2D eigenvalue weighted by molar-refractivity contribution is 0.391. The third-order valence-corrected chi connectivity index (χ3v) is 5.98. The summed E-state index contributed by atoms with van der Waals surface area (Å²) < 4.78 is 20.9. The summed E-state index contributed by atoms with van der Waals surface area (Å²) in [4.78, 5) is 8.58. The van der Waals surface area contributed by atoms with E-state index in [1.165, 1.54) is 29.5 Å². The number of thioether (sulfide) groups is 1. The fourth-order valence-electron chi connectivity index (χ4n) is 3.32. The van der Waals surface area contributed by atoms with Crippen LogP contribution >= 0.6 is 11.8 Å². The molecule has 0 bridgehead atoms. The summed E-state index contributed by atoms with van der Waals surface area (Å²) >= 11 is 1.41. The van der Waals surface area contributed by atoms with E-state index >= 15 is 0 Å². The van der Waals surface area contributed by atoms with Crippen LogP contribution in [-0.4, -0.2) is 29.9 Å². The molecule has 0 saturated carbocycles. The smallest absolute Gasteiger partial charge is 0.237 e. The van der Waals surface area contributed by atoms with Gasteiger partial charge in [-0.25, -0.2) is 4.39 Å². The molecule has 0 spiro atoms. The Morgan fingerprint density at radius 1 is 0.909 bits per heavy atom. The molecule has 0 saturated heterocycles. The number of hydrogen-bond acceptors (Lipinski definition) is 7. The van der Waals surface area contributed by atoms with Gasteiger partial charge in [-0.1, -0.05) is 48.1 Å². The second-order valence-electron chi connectivity index (χ2n) is 7.20. The van der Waals surface area contributed by atoms with Gasteiger partial charge in [0, 0.05) is 29.2 Å². The van der Waals surface area contributed by atoms with E-state index in [9.17, 15) is 4.39 Å². The van der Waals surface area contributed by atoms with Gasteiger partial charge in [0.15, 0.2) is 11.0 Å². The fourth-order valence-corrected chi connectivity index (χ4v) is 4.11. The largest absolute Gasteiger partial charge is 0.338 e. The summed E-state index contributed by atoms with van der Waals surface area (Å²) in [6.07, 6.45) is 4.36. The highest BCUT2D eigenvalue weighted by atomic mass is 32.2. The maximum Gasteiger partial charge on any atom is 0.237 e. The van der Waals surface area contributed by atoms with Gasteiger partial charge >= 0.3 is 0 Å². The van der Waals surface area contributed by atoms with Crippen molar-refractivity contribution in [2.45, 2.75) is 24.3 Å². The van der Waals surface area contributed by atoms with Crippen molar-refractivity contribution < 1.29 is 8.91 Å². The third-order valence-electron chi connectivity index (χ3n) is 5.07. The maximum absolute atomic E-state index is 13.5. The second-order valence-corrected chi connectivity index (χ2v) is 8.15. The summed E-state index contributed by atoms with van der Waals surface area (Å²) in [6.45, 7) is 2.11. The zero-order valence-electron chi connectivity index (χ0n) is 17.7. The van der Waals surface area contributed by atoms with Crippen molar-refractivity contribution in [3.8, 4) is 28.5 Å². The predicted molar refractivity (Wildman–Crippen MR) is 123 cm³/mol. The number of benzene rings is 2. The molecule has 0 N–H and O–H groups in total. The molecule has 7 nitrogen and oxygen atoms in total. The van der Waals surface area contributed by atoms with E-state index in [4.69, 9.17) is 4.52 Å². The molecule has 0 atom stereocenters. The average Bonchev–Trinajstić information content (AvgIpc) is 3.51. The Balaban J connectivity index is 1.41. The Labute approximate surface area is 193 Å². The van der Waals surface area contributed by atoms with Crippen molar-refractivity contribution in [2.75, 3.05) is 0 Å². The van der Waals surface area contributed by atoms with Crippen LogP contribution in [0.3, 0.4) is 0 Å². The number of rotatable bonds is 7. The van der Waals surface area contributed by atoms with E-state index in [1.807, 2.05) is 28.8 Å². The topological polar surface area (TPSA) is 82.5 Å². The van der Waals surface area contributed by atoms with Crippen LogP contribution in [0.5, 0.6) is 0 Å². The molecule has 5 rings (SSSR count). The molecule has 0 unspecified atom stereocenters. The van der Waals surface area contributed by atoms with Crippen LogP contribution in [0, 0.1) is 5.82 Å². The van der Waals surface area contributed by atoms with Gasteiger partial charge in [-0.2, -0.15) is 4.98 Å². The first-order valence-electron chi connectivity index (χ1n) is 10.4. The zero-order valence-corrected chi connectivity index (χ0v) is 18.5. The van der Waals surface area contributed by atoms with Gasteiger partial charge in [-0.05, 0) is 48.4 Å². The molecule has 0 aliphatic rings. The summed E-state index contributed by atoms with van der Waals surface area (Å²) in [5, 5.41) is 13.5. The van der Waals surface area contributed by atoms with E-state index < -0.39 is 0 Å². The van der Waals surface area contributed by atoms with Crippen molar-refractivity contribution in [1.82, 2.24) is 29.9 Å². The van der Waals surface area contributed by atoms with Crippen LogP contribution in [0.1, 0.15) is 18.4 Å². The molecule has 5 aromatic rings. The van der Waals surface area contributed by atoms with Gasteiger partial charge in [-0.15, -0.1) is 10.2 Å². The molecule has 0 aliphatic carbocycles. The predicted octanol–water partition coefficient (Wildman–Crippen LogP) is 5.37. The quantitative estimate of drug-likeness (QED) is 0.303. The van der Waals surface area contributed by atoms with Gasteiger partial charge in [0.2, 0.25) is 11.7 Å². The lowest BCUT2D eigenvalue weighted by Gasteiger charge is -2.09. The molecular weight excluding hydrogens is 439 g/mol. The van der Waals surface area contributed by atoms with E-state index in [-0.39, 0.29) is 5.82 Å². The number of pyridine rings is 1. The molecule has 3 heterocycles. The summed E-state index contributed by atoms with van der Waals surface area (Å²) in [6, 6.07) is 18.0. The van der Waals surface area contributed by atoms with Crippen molar-refractivity contribution in [2.24, 2.45) is 0 Å². The first-order valence-corrected chi connectivity index (χ1v) is 11.4. The molecule has 0 amide bonds. The van der Waals surface area contributed by atoms with Gasteiger partial charge in [0.1, 0.15) is 5.82 Å².